The van der Waals surface area contributed by atoms with Crippen LogP contribution in [0.2, 0.25) is 0 Å². The molecule has 2 rings (SSSR count). The van der Waals surface area contributed by atoms with Gasteiger partial charge in [0.15, 0.2) is 6.61 Å². The highest BCUT2D eigenvalue weighted by molar-refractivity contribution is 6.41. The van der Waals surface area contributed by atoms with Crippen molar-refractivity contribution in [3.63, 3.8) is 0 Å². The maximum Gasteiger partial charge on any atom is 0.380 e. The Morgan fingerprint density at radius 3 is 2.36 bits per heavy atom. The summed E-state index contributed by atoms with van der Waals surface area (Å²) < 4.78 is 6.18. The third kappa shape index (κ3) is 4.81. The Hall–Kier alpha value is -3.49. The van der Waals surface area contributed by atoms with Crippen LogP contribution in [0.15, 0.2) is 18.2 Å². The van der Waals surface area contributed by atoms with Crippen LogP contribution in [-0.4, -0.2) is 40.1 Å². The Balaban J connectivity index is 1.88. The molecule has 2 N–H and O–H groups in total. The molecule has 0 radical (unpaired) electrons. The van der Waals surface area contributed by atoms with E-state index in [-0.39, 0.29) is 5.56 Å². The number of urea groups is 1. The number of nitrogens with one attached hydrogen (secondary N) is 2. The molecule has 0 aliphatic heterocycles. The Kier molecular flexibility index (Phi) is 6.29. The van der Waals surface area contributed by atoms with Crippen molar-refractivity contribution < 1.29 is 23.9 Å². The third-order valence-electron chi connectivity index (χ3n) is 4.14. The first-order chi connectivity index (χ1) is 13.1. The fraction of sp³-hybridized carbons (Fsp3) is 0.316. The van der Waals surface area contributed by atoms with Gasteiger partial charge in [-0.2, -0.15) is 5.10 Å². The molecule has 1 aromatic carbocycles. The van der Waals surface area contributed by atoms with Gasteiger partial charge in [0.1, 0.15) is 0 Å². The number of nitrogens with zero attached hydrogens (tertiary/aromatic N) is 2. The van der Waals surface area contributed by atoms with E-state index < -0.39 is 30.3 Å². The molecule has 1 heterocycles. The summed E-state index contributed by atoms with van der Waals surface area (Å²) in [5.74, 6) is -2.94. The zero-order valence-corrected chi connectivity index (χ0v) is 16.4. The van der Waals surface area contributed by atoms with Crippen molar-refractivity contribution in [3.05, 3.63) is 46.3 Å². The number of hydrogen-bond donors (Lipinski definition) is 2. The molecule has 1 aromatic heterocycles. The van der Waals surface area contributed by atoms with Crippen LogP contribution in [0.3, 0.4) is 0 Å². The van der Waals surface area contributed by atoms with Gasteiger partial charge in [0.2, 0.25) is 0 Å². The molecular formula is C19H22N4O5. The van der Waals surface area contributed by atoms with Crippen molar-refractivity contribution in [2.24, 2.45) is 7.05 Å². The van der Waals surface area contributed by atoms with Gasteiger partial charge >= 0.3 is 12.0 Å². The largest absolute Gasteiger partial charge is 0.450 e. The van der Waals surface area contributed by atoms with Crippen LogP contribution in [-0.2, 0) is 21.4 Å². The Bertz CT molecular complexity index is 961. The van der Waals surface area contributed by atoms with Crippen molar-refractivity contribution in [2.45, 2.75) is 27.7 Å². The molecule has 2 aromatic rings. The molecule has 0 fully saturated rings. The average Bonchev–Trinajstić information content (AvgIpc) is 2.86. The summed E-state index contributed by atoms with van der Waals surface area (Å²) in [5, 5.41) is 8.63. The van der Waals surface area contributed by atoms with Gasteiger partial charge in [0.25, 0.3) is 11.7 Å². The molecular weight excluding hydrogens is 364 g/mol. The van der Waals surface area contributed by atoms with Gasteiger partial charge in [0, 0.05) is 18.4 Å². The molecule has 0 aliphatic rings. The summed E-state index contributed by atoms with van der Waals surface area (Å²) in [6, 6.07) is 4.65. The maximum absolute atomic E-state index is 12.2. The average molecular weight is 386 g/mol. The van der Waals surface area contributed by atoms with Crippen LogP contribution in [0.5, 0.6) is 0 Å². The number of amides is 3. The molecule has 0 spiro atoms. The molecule has 0 bridgehead atoms. The second-order valence-corrected chi connectivity index (χ2v) is 6.40. The lowest BCUT2D eigenvalue weighted by Crippen LogP contribution is -2.38. The third-order valence-corrected chi connectivity index (χ3v) is 4.14. The summed E-state index contributed by atoms with van der Waals surface area (Å²) in [5.41, 5.74) is 3.46. The SMILES string of the molecule is Cc1ccc(NC(=O)NC(=O)COC(=O)C(=O)c2c(C)nn(C)c2C)c(C)c1. The van der Waals surface area contributed by atoms with E-state index in [9.17, 15) is 19.2 Å². The highest BCUT2D eigenvalue weighted by atomic mass is 16.5. The highest BCUT2D eigenvalue weighted by Gasteiger charge is 2.26. The first-order valence-electron chi connectivity index (χ1n) is 8.50. The van der Waals surface area contributed by atoms with E-state index in [0.717, 1.165) is 11.1 Å². The highest BCUT2D eigenvalue weighted by Crippen LogP contribution is 2.16. The molecule has 9 nitrogen and oxygen atoms in total. The monoisotopic (exact) mass is 386 g/mol. The number of carbonyl (C=O) groups is 4. The van der Waals surface area contributed by atoms with Gasteiger partial charge in [-0.05, 0) is 39.3 Å². The van der Waals surface area contributed by atoms with Gasteiger partial charge in [-0.3, -0.25) is 19.6 Å². The van der Waals surface area contributed by atoms with E-state index in [1.54, 1.807) is 27.0 Å². The quantitative estimate of drug-likeness (QED) is 0.459. The van der Waals surface area contributed by atoms with E-state index in [0.29, 0.717) is 17.1 Å². The number of ketones is 1. The summed E-state index contributed by atoms with van der Waals surface area (Å²) in [6.07, 6.45) is 0. The van der Waals surface area contributed by atoms with Crippen molar-refractivity contribution in [2.75, 3.05) is 11.9 Å². The van der Waals surface area contributed by atoms with Crippen LogP contribution in [0.1, 0.15) is 32.9 Å². The second kappa shape index (κ2) is 8.47. The lowest BCUT2D eigenvalue weighted by molar-refractivity contribution is -0.143. The fourth-order valence-corrected chi connectivity index (χ4v) is 2.67. The van der Waals surface area contributed by atoms with Crippen molar-refractivity contribution >= 4 is 29.4 Å². The number of Topliss-reactive ketones (excluding diaryl/α,β-unsaturated/α-hetero) is 1. The number of imide groups is 1. The van der Waals surface area contributed by atoms with Crippen LogP contribution in [0.4, 0.5) is 10.5 Å². The van der Waals surface area contributed by atoms with E-state index in [1.165, 1.54) is 4.68 Å². The Morgan fingerprint density at radius 2 is 1.79 bits per heavy atom. The summed E-state index contributed by atoms with van der Waals surface area (Å²) in [4.78, 5) is 47.8. The van der Waals surface area contributed by atoms with Gasteiger partial charge < -0.3 is 10.1 Å². The molecule has 0 saturated heterocycles. The predicted molar refractivity (Wildman–Crippen MR) is 101 cm³/mol. The van der Waals surface area contributed by atoms with Crippen molar-refractivity contribution in [3.8, 4) is 0 Å². The zero-order chi connectivity index (χ0) is 21.0. The second-order valence-electron chi connectivity index (χ2n) is 6.40. The molecule has 0 atom stereocenters. The number of benzene rings is 1. The normalized spacial score (nSPS) is 10.3. The van der Waals surface area contributed by atoms with E-state index in [1.807, 2.05) is 31.3 Å². The van der Waals surface area contributed by atoms with Gasteiger partial charge in [-0.1, -0.05) is 17.7 Å². The van der Waals surface area contributed by atoms with E-state index >= 15 is 0 Å². The van der Waals surface area contributed by atoms with Crippen LogP contribution < -0.4 is 10.6 Å². The summed E-state index contributed by atoms with van der Waals surface area (Å²) in [6.45, 7) is 6.22. The number of ether oxygens (including phenoxy) is 1. The summed E-state index contributed by atoms with van der Waals surface area (Å²) in [7, 11) is 1.65. The van der Waals surface area contributed by atoms with Gasteiger partial charge in [-0.15, -0.1) is 0 Å². The minimum atomic E-state index is -1.19. The lowest BCUT2D eigenvalue weighted by Gasteiger charge is -2.10. The number of carbonyl (C=O) groups excluding carboxylic acids is 4. The van der Waals surface area contributed by atoms with Crippen molar-refractivity contribution in [1.82, 2.24) is 15.1 Å². The number of rotatable bonds is 5. The lowest BCUT2D eigenvalue weighted by atomic mass is 10.1. The smallest absolute Gasteiger partial charge is 0.380 e. The molecule has 0 saturated carbocycles. The number of esters is 1. The molecule has 0 unspecified atom stereocenters. The van der Waals surface area contributed by atoms with Gasteiger partial charge in [-0.25, -0.2) is 9.59 Å². The number of anilines is 1. The van der Waals surface area contributed by atoms with Crippen LogP contribution >= 0.6 is 0 Å². The standard InChI is InChI=1S/C19H22N4O5/c1-10-6-7-14(11(2)8-10)20-19(27)21-15(24)9-28-18(26)17(25)16-12(3)22-23(5)13(16)4/h6-8H,9H2,1-5H3,(H2,20,21,24,27). The molecule has 28 heavy (non-hydrogen) atoms. The van der Waals surface area contributed by atoms with Gasteiger partial charge in [0.05, 0.1) is 11.3 Å². The predicted octanol–water partition coefficient (Wildman–Crippen LogP) is 1.73. The van der Waals surface area contributed by atoms with Crippen LogP contribution in [0.25, 0.3) is 0 Å². The number of hydrogen-bond acceptors (Lipinski definition) is 6. The summed E-state index contributed by atoms with van der Waals surface area (Å²) >= 11 is 0. The molecule has 148 valence electrons. The molecule has 0 aliphatic carbocycles. The number of aromatic nitrogens is 2. The van der Waals surface area contributed by atoms with E-state index in [4.69, 9.17) is 4.74 Å². The maximum atomic E-state index is 12.2. The minimum Gasteiger partial charge on any atom is -0.450 e. The number of aryl methyl sites for hydroxylation is 4. The minimum absolute atomic E-state index is 0.139. The molecule has 9 heteroatoms. The first kappa shape index (κ1) is 20.8. The Labute approximate surface area is 162 Å². The first-order valence-corrected chi connectivity index (χ1v) is 8.50. The van der Waals surface area contributed by atoms with Crippen LogP contribution in [0, 0.1) is 27.7 Å². The van der Waals surface area contributed by atoms with Crippen molar-refractivity contribution in [1.29, 1.82) is 0 Å². The topological polar surface area (TPSA) is 119 Å². The Morgan fingerprint density at radius 1 is 1.11 bits per heavy atom. The zero-order valence-electron chi connectivity index (χ0n) is 16.4. The fourth-order valence-electron chi connectivity index (χ4n) is 2.67. The molecule has 3 amide bonds. The van der Waals surface area contributed by atoms with E-state index in [2.05, 4.69) is 10.4 Å².